The third-order valence-electron chi connectivity index (χ3n) is 2.52. The monoisotopic (exact) mass is 388 g/mol. The summed E-state index contributed by atoms with van der Waals surface area (Å²) in [5, 5.41) is 2.79. The van der Waals surface area contributed by atoms with E-state index in [1.54, 1.807) is 12.1 Å². The Kier molecular flexibility index (Phi) is 5.50. The van der Waals surface area contributed by atoms with Gasteiger partial charge in [-0.2, -0.15) is 0 Å². The van der Waals surface area contributed by atoms with Crippen LogP contribution in [0.15, 0.2) is 45.8 Å². The van der Waals surface area contributed by atoms with Crippen molar-refractivity contribution in [2.24, 2.45) is 0 Å². The van der Waals surface area contributed by atoms with Gasteiger partial charge < -0.3 is 11.1 Å². The van der Waals surface area contributed by atoms with Gasteiger partial charge in [0.2, 0.25) is 5.91 Å². The van der Waals surface area contributed by atoms with Crippen LogP contribution in [0.1, 0.15) is 0 Å². The second-order valence-corrected chi connectivity index (χ2v) is 6.46. The van der Waals surface area contributed by atoms with E-state index in [1.165, 1.54) is 23.9 Å². The van der Waals surface area contributed by atoms with Gasteiger partial charge >= 0.3 is 0 Å². The van der Waals surface area contributed by atoms with E-state index in [-0.39, 0.29) is 22.4 Å². The third kappa shape index (κ3) is 4.62. The van der Waals surface area contributed by atoms with E-state index in [4.69, 9.17) is 17.3 Å². The molecule has 0 aliphatic rings. The van der Waals surface area contributed by atoms with Gasteiger partial charge in [-0.15, -0.1) is 11.8 Å². The average molecular weight is 390 g/mol. The molecule has 2 aromatic rings. The van der Waals surface area contributed by atoms with Crippen LogP contribution in [-0.4, -0.2) is 11.7 Å². The Hall–Kier alpha value is -1.24. The largest absolute Gasteiger partial charge is 0.399 e. The summed E-state index contributed by atoms with van der Waals surface area (Å²) in [6.45, 7) is 0. The summed E-state index contributed by atoms with van der Waals surface area (Å²) in [4.78, 5) is 12.7. The molecule has 0 saturated carbocycles. The van der Waals surface area contributed by atoms with E-state index in [9.17, 15) is 9.18 Å². The van der Waals surface area contributed by atoms with Gasteiger partial charge in [-0.1, -0.05) is 11.6 Å². The fourth-order valence-electron chi connectivity index (χ4n) is 1.55. The lowest BCUT2D eigenvalue weighted by atomic mass is 10.3. The van der Waals surface area contributed by atoms with Crippen LogP contribution in [0.2, 0.25) is 5.02 Å². The van der Waals surface area contributed by atoms with Gasteiger partial charge in [-0.3, -0.25) is 4.79 Å². The maximum atomic E-state index is 13.6. The number of amides is 1. The molecule has 0 bridgehead atoms. The number of carbonyl (C=O) groups excluding carboxylic acids is 1. The Bertz CT molecular complexity index is 684. The second kappa shape index (κ2) is 7.15. The molecule has 0 radical (unpaired) electrons. The van der Waals surface area contributed by atoms with Gasteiger partial charge in [-0.05, 0) is 52.3 Å². The number of nitrogen functional groups attached to an aromatic ring is 1. The first kappa shape index (κ1) is 16.1. The summed E-state index contributed by atoms with van der Waals surface area (Å²) in [5.41, 5.74) is 6.39. The molecule has 0 aromatic heterocycles. The van der Waals surface area contributed by atoms with Gasteiger partial charge in [0.05, 0.1) is 11.4 Å². The summed E-state index contributed by atoms with van der Waals surface area (Å²) in [7, 11) is 0. The SMILES string of the molecule is Nc1ccc(SCC(=O)Nc2ccc(Cl)cc2F)c(Br)c1. The molecular weight excluding hydrogens is 379 g/mol. The Morgan fingerprint density at radius 3 is 2.76 bits per heavy atom. The van der Waals surface area contributed by atoms with Crippen LogP contribution in [0.25, 0.3) is 0 Å². The van der Waals surface area contributed by atoms with Gasteiger partial charge in [0.1, 0.15) is 5.82 Å². The fraction of sp³-hybridized carbons (Fsp3) is 0.0714. The molecule has 0 heterocycles. The highest BCUT2D eigenvalue weighted by atomic mass is 79.9. The third-order valence-corrected chi connectivity index (χ3v) is 4.75. The van der Waals surface area contributed by atoms with E-state index in [0.29, 0.717) is 5.69 Å². The fourth-order valence-corrected chi connectivity index (χ4v) is 3.17. The first-order valence-electron chi connectivity index (χ1n) is 5.88. The van der Waals surface area contributed by atoms with Crippen molar-refractivity contribution in [3.63, 3.8) is 0 Å². The van der Waals surface area contributed by atoms with Crippen LogP contribution in [-0.2, 0) is 4.79 Å². The van der Waals surface area contributed by atoms with Crippen LogP contribution >= 0.6 is 39.3 Å². The molecule has 0 aliphatic heterocycles. The average Bonchev–Trinajstić information content (AvgIpc) is 2.41. The van der Waals surface area contributed by atoms with Crippen LogP contribution in [0.4, 0.5) is 15.8 Å². The van der Waals surface area contributed by atoms with Crippen molar-refractivity contribution >= 4 is 56.6 Å². The molecule has 7 heteroatoms. The van der Waals surface area contributed by atoms with E-state index >= 15 is 0 Å². The molecule has 2 rings (SSSR count). The van der Waals surface area contributed by atoms with Crippen molar-refractivity contribution in [2.45, 2.75) is 4.90 Å². The van der Waals surface area contributed by atoms with Crippen LogP contribution < -0.4 is 11.1 Å². The number of hydrogen-bond donors (Lipinski definition) is 2. The van der Waals surface area contributed by atoms with Crippen LogP contribution in [0.5, 0.6) is 0 Å². The number of nitrogens with two attached hydrogens (primary N) is 1. The van der Waals surface area contributed by atoms with Crippen LogP contribution in [0, 0.1) is 5.82 Å². The molecule has 1 amide bonds. The van der Waals surface area contributed by atoms with Crippen LogP contribution in [0.3, 0.4) is 0 Å². The lowest BCUT2D eigenvalue weighted by Gasteiger charge is -2.08. The lowest BCUT2D eigenvalue weighted by molar-refractivity contribution is -0.113. The molecule has 0 unspecified atom stereocenters. The normalized spacial score (nSPS) is 10.4. The maximum Gasteiger partial charge on any atom is 0.234 e. The predicted octanol–water partition coefficient (Wildman–Crippen LogP) is 4.55. The standard InChI is InChI=1S/C14H11BrClFN2OS/c15-10-6-9(18)2-4-13(10)21-7-14(20)19-12-3-1-8(16)5-11(12)17/h1-6H,7,18H2,(H,19,20). The Labute approximate surface area is 139 Å². The maximum absolute atomic E-state index is 13.6. The predicted molar refractivity (Wildman–Crippen MR) is 89.3 cm³/mol. The van der Waals surface area contributed by atoms with Crippen molar-refractivity contribution in [3.8, 4) is 0 Å². The molecule has 0 atom stereocenters. The van der Waals surface area contributed by atoms with Crippen molar-refractivity contribution in [1.82, 2.24) is 0 Å². The lowest BCUT2D eigenvalue weighted by Crippen LogP contribution is -2.15. The number of nitrogens with one attached hydrogen (secondary N) is 1. The first-order valence-corrected chi connectivity index (χ1v) is 8.04. The van der Waals surface area contributed by atoms with Crippen molar-refractivity contribution in [3.05, 3.63) is 51.7 Å². The highest BCUT2D eigenvalue weighted by molar-refractivity contribution is 9.10. The Balaban J connectivity index is 1.96. The van der Waals surface area contributed by atoms with Crippen molar-refractivity contribution in [1.29, 1.82) is 0 Å². The molecule has 0 spiro atoms. The molecule has 21 heavy (non-hydrogen) atoms. The van der Waals surface area contributed by atoms with Gasteiger partial charge in [0, 0.05) is 20.1 Å². The van der Waals surface area contributed by atoms with Gasteiger partial charge in [0.25, 0.3) is 0 Å². The smallest absolute Gasteiger partial charge is 0.234 e. The number of halogens is 3. The highest BCUT2D eigenvalue weighted by Crippen LogP contribution is 2.29. The number of thioether (sulfide) groups is 1. The van der Waals surface area contributed by atoms with E-state index in [1.807, 2.05) is 6.07 Å². The molecule has 110 valence electrons. The minimum Gasteiger partial charge on any atom is -0.399 e. The summed E-state index contributed by atoms with van der Waals surface area (Å²) < 4.78 is 14.4. The summed E-state index contributed by atoms with van der Waals surface area (Å²) in [6, 6.07) is 9.44. The van der Waals surface area contributed by atoms with Crippen molar-refractivity contribution in [2.75, 3.05) is 16.8 Å². The molecular formula is C14H11BrClFN2OS. The summed E-state index contributed by atoms with van der Waals surface area (Å²) >= 11 is 10.4. The second-order valence-electron chi connectivity index (χ2n) is 4.15. The van der Waals surface area contributed by atoms with E-state index in [2.05, 4.69) is 21.2 Å². The number of anilines is 2. The molecule has 0 saturated heterocycles. The minimum absolute atomic E-state index is 0.112. The van der Waals surface area contributed by atoms with E-state index < -0.39 is 5.82 Å². The quantitative estimate of drug-likeness (QED) is 0.595. The Morgan fingerprint density at radius 1 is 1.33 bits per heavy atom. The number of carbonyl (C=O) groups is 1. The zero-order valence-corrected chi connectivity index (χ0v) is 13.9. The molecule has 0 aliphatic carbocycles. The summed E-state index contributed by atoms with van der Waals surface area (Å²) in [5.74, 6) is -0.704. The number of rotatable bonds is 4. The summed E-state index contributed by atoms with van der Waals surface area (Å²) in [6.07, 6.45) is 0. The zero-order chi connectivity index (χ0) is 15.4. The van der Waals surface area contributed by atoms with Crippen molar-refractivity contribution < 1.29 is 9.18 Å². The topological polar surface area (TPSA) is 55.1 Å². The zero-order valence-electron chi connectivity index (χ0n) is 10.7. The number of hydrogen-bond acceptors (Lipinski definition) is 3. The van der Waals surface area contributed by atoms with Gasteiger partial charge in [-0.25, -0.2) is 4.39 Å². The molecule has 3 nitrogen and oxygen atoms in total. The molecule has 0 fully saturated rings. The number of benzene rings is 2. The molecule has 2 aromatic carbocycles. The Morgan fingerprint density at radius 2 is 2.10 bits per heavy atom. The van der Waals surface area contributed by atoms with E-state index in [0.717, 1.165) is 15.4 Å². The first-order chi connectivity index (χ1) is 9.95. The van der Waals surface area contributed by atoms with Gasteiger partial charge in [0.15, 0.2) is 0 Å². The minimum atomic E-state index is -0.561. The highest BCUT2D eigenvalue weighted by Gasteiger charge is 2.09. The molecule has 3 N–H and O–H groups in total.